The van der Waals surface area contributed by atoms with Gasteiger partial charge in [-0.3, -0.25) is 29.4 Å². The minimum atomic E-state index is -0.830. The van der Waals surface area contributed by atoms with Crippen LogP contribution in [0.5, 0.6) is 0 Å². The van der Waals surface area contributed by atoms with Crippen LogP contribution in [0.4, 0.5) is 5.69 Å². The first-order chi connectivity index (χ1) is 14.0. The van der Waals surface area contributed by atoms with Crippen LogP contribution in [0, 0.1) is 10.1 Å². The van der Waals surface area contributed by atoms with Gasteiger partial charge in [0.2, 0.25) is 5.91 Å². The lowest BCUT2D eigenvalue weighted by Crippen LogP contribution is -2.41. The third-order valence-electron chi connectivity index (χ3n) is 4.83. The van der Waals surface area contributed by atoms with E-state index in [-0.39, 0.29) is 11.1 Å². The lowest BCUT2D eigenvalue weighted by Gasteiger charge is -2.14. The summed E-state index contributed by atoms with van der Waals surface area (Å²) in [5.41, 5.74) is 0.266. The van der Waals surface area contributed by atoms with E-state index in [0.29, 0.717) is 13.1 Å². The summed E-state index contributed by atoms with van der Waals surface area (Å²) in [5.74, 6) is -2.05. The summed E-state index contributed by atoms with van der Waals surface area (Å²) in [6.45, 7) is 0.337. The van der Waals surface area contributed by atoms with Gasteiger partial charge in [0.25, 0.3) is 17.5 Å². The van der Waals surface area contributed by atoms with E-state index in [1.807, 2.05) is 41.1 Å². The minimum Gasteiger partial charge on any atom is -0.353 e. The molecule has 2 heterocycles. The molecule has 3 amide bonds. The number of nitrogens with one attached hydrogen (secondary N) is 1. The highest BCUT2D eigenvalue weighted by Crippen LogP contribution is 2.30. The van der Waals surface area contributed by atoms with Gasteiger partial charge >= 0.3 is 0 Å². The minimum absolute atomic E-state index is 0.0594. The Labute approximate surface area is 164 Å². The zero-order chi connectivity index (χ0) is 20.5. The molecule has 0 radical (unpaired) electrons. The zero-order valence-electron chi connectivity index (χ0n) is 15.2. The Hall–Kier alpha value is -4.01. The van der Waals surface area contributed by atoms with Crippen LogP contribution in [-0.2, 0) is 11.3 Å². The smallest absolute Gasteiger partial charge is 0.282 e. The average Bonchev–Trinajstić information content (AvgIpc) is 3.23. The van der Waals surface area contributed by atoms with Crippen LogP contribution >= 0.6 is 0 Å². The van der Waals surface area contributed by atoms with Gasteiger partial charge in [-0.1, -0.05) is 24.3 Å². The Morgan fingerprint density at radius 2 is 1.83 bits per heavy atom. The number of nitro benzene ring substituents is 1. The summed E-state index contributed by atoms with van der Waals surface area (Å²) in [6, 6.07) is 13.7. The third kappa shape index (κ3) is 3.22. The van der Waals surface area contributed by atoms with E-state index >= 15 is 0 Å². The molecule has 1 N–H and O–H groups in total. The molecule has 1 aliphatic rings. The molecule has 146 valence electrons. The fraction of sp³-hybridized carbons (Fsp3) is 0.150. The predicted molar refractivity (Wildman–Crippen MR) is 103 cm³/mol. The van der Waals surface area contributed by atoms with Crippen molar-refractivity contribution in [2.75, 3.05) is 13.1 Å². The molecule has 9 heteroatoms. The zero-order valence-corrected chi connectivity index (χ0v) is 15.2. The maximum atomic E-state index is 12.5. The topological polar surface area (TPSA) is 115 Å². The molecule has 0 bridgehead atoms. The molecular formula is C20H16N4O5. The molecule has 9 nitrogen and oxygen atoms in total. The van der Waals surface area contributed by atoms with Crippen molar-refractivity contribution in [2.45, 2.75) is 6.54 Å². The molecule has 0 unspecified atom stereocenters. The lowest BCUT2D eigenvalue weighted by atomic mass is 10.1. The molecule has 0 saturated carbocycles. The molecule has 4 rings (SSSR count). The summed E-state index contributed by atoms with van der Waals surface area (Å²) in [6.07, 6.45) is 1.92. The molecule has 3 aromatic rings. The summed E-state index contributed by atoms with van der Waals surface area (Å²) in [4.78, 5) is 48.3. The third-order valence-corrected chi connectivity index (χ3v) is 4.83. The summed E-state index contributed by atoms with van der Waals surface area (Å²) in [7, 11) is 0. The largest absolute Gasteiger partial charge is 0.353 e. The quantitative estimate of drug-likeness (QED) is 0.391. The first-order valence-corrected chi connectivity index (χ1v) is 8.91. The number of imide groups is 1. The molecule has 1 aliphatic heterocycles. The number of aromatic nitrogens is 1. The lowest BCUT2D eigenvalue weighted by molar-refractivity contribution is -0.385. The highest BCUT2D eigenvalue weighted by Gasteiger charge is 2.41. The number of para-hydroxylation sites is 1. The predicted octanol–water partition coefficient (Wildman–Crippen LogP) is 1.96. The molecule has 1 aromatic heterocycles. The van der Waals surface area contributed by atoms with Crippen LogP contribution in [0.2, 0.25) is 0 Å². The van der Waals surface area contributed by atoms with Crippen LogP contribution in [-0.4, -0.2) is 45.2 Å². The van der Waals surface area contributed by atoms with Crippen LogP contribution < -0.4 is 5.32 Å². The SMILES string of the molecule is O=C(CN1C(=O)c2cccc([N+](=O)[O-])c2C1=O)NCCn1ccc2ccccc21. The molecular weight excluding hydrogens is 376 g/mol. The molecule has 29 heavy (non-hydrogen) atoms. The van der Waals surface area contributed by atoms with E-state index in [1.54, 1.807) is 0 Å². The standard InChI is InChI=1S/C20H16N4O5/c25-17(21-9-11-22-10-8-13-4-1-2-6-15(13)22)12-23-19(26)14-5-3-7-16(24(28)29)18(14)20(23)27/h1-8,10H,9,11-12H2,(H,21,25). The molecule has 0 atom stereocenters. The van der Waals surface area contributed by atoms with Crippen LogP contribution in [0.3, 0.4) is 0 Å². The number of amides is 3. The number of hydrogen-bond acceptors (Lipinski definition) is 5. The Bertz CT molecular complexity index is 1170. The maximum Gasteiger partial charge on any atom is 0.282 e. The van der Waals surface area contributed by atoms with Crippen LogP contribution in [0.1, 0.15) is 20.7 Å². The Kier molecular flexibility index (Phi) is 4.55. The second kappa shape index (κ2) is 7.19. The highest BCUT2D eigenvalue weighted by atomic mass is 16.6. The van der Waals surface area contributed by atoms with E-state index in [9.17, 15) is 24.5 Å². The van der Waals surface area contributed by atoms with Gasteiger partial charge in [0.15, 0.2) is 0 Å². The summed E-state index contributed by atoms with van der Waals surface area (Å²) in [5, 5.41) is 14.9. The number of nitrogens with zero attached hydrogens (tertiary/aromatic N) is 3. The number of nitro groups is 1. The van der Waals surface area contributed by atoms with Gasteiger partial charge in [-0.2, -0.15) is 0 Å². The van der Waals surface area contributed by atoms with Gasteiger partial charge in [0, 0.05) is 30.9 Å². The van der Waals surface area contributed by atoms with Crippen molar-refractivity contribution in [3.8, 4) is 0 Å². The Balaban J connectivity index is 1.40. The van der Waals surface area contributed by atoms with Crippen molar-refractivity contribution in [1.29, 1.82) is 0 Å². The van der Waals surface area contributed by atoms with Gasteiger partial charge in [0.05, 0.1) is 10.5 Å². The number of carbonyl (C=O) groups is 3. The van der Waals surface area contributed by atoms with E-state index in [4.69, 9.17) is 0 Å². The van der Waals surface area contributed by atoms with Gasteiger partial charge in [0.1, 0.15) is 12.1 Å². The first kappa shape index (κ1) is 18.4. The number of fused-ring (bicyclic) bond motifs is 2. The normalized spacial score (nSPS) is 13.0. The van der Waals surface area contributed by atoms with Gasteiger partial charge < -0.3 is 9.88 Å². The van der Waals surface area contributed by atoms with Crippen molar-refractivity contribution in [3.05, 3.63) is 76.0 Å². The molecule has 0 spiro atoms. The van der Waals surface area contributed by atoms with Crippen molar-refractivity contribution in [3.63, 3.8) is 0 Å². The van der Waals surface area contributed by atoms with Crippen molar-refractivity contribution >= 4 is 34.3 Å². The second-order valence-electron chi connectivity index (χ2n) is 6.57. The number of carbonyl (C=O) groups excluding carboxylic acids is 3. The Morgan fingerprint density at radius 1 is 1.03 bits per heavy atom. The molecule has 0 aliphatic carbocycles. The van der Waals surface area contributed by atoms with Crippen LogP contribution in [0.25, 0.3) is 10.9 Å². The molecule has 0 saturated heterocycles. The van der Waals surface area contributed by atoms with Crippen LogP contribution in [0.15, 0.2) is 54.7 Å². The Morgan fingerprint density at radius 3 is 2.62 bits per heavy atom. The summed E-state index contributed by atoms with van der Waals surface area (Å²) < 4.78 is 1.99. The van der Waals surface area contributed by atoms with Gasteiger partial charge in [-0.15, -0.1) is 0 Å². The fourth-order valence-electron chi connectivity index (χ4n) is 3.46. The number of rotatable bonds is 6. The van der Waals surface area contributed by atoms with E-state index in [2.05, 4.69) is 5.32 Å². The fourth-order valence-corrected chi connectivity index (χ4v) is 3.46. The molecule has 2 aromatic carbocycles. The van der Waals surface area contributed by atoms with Gasteiger partial charge in [-0.25, -0.2) is 0 Å². The second-order valence-corrected chi connectivity index (χ2v) is 6.57. The number of benzene rings is 2. The highest BCUT2D eigenvalue weighted by molar-refractivity contribution is 6.24. The monoisotopic (exact) mass is 392 g/mol. The average molecular weight is 392 g/mol. The van der Waals surface area contributed by atoms with Crippen molar-refractivity contribution in [2.24, 2.45) is 0 Å². The maximum absolute atomic E-state index is 12.5. The van der Waals surface area contributed by atoms with Crippen molar-refractivity contribution in [1.82, 2.24) is 14.8 Å². The van der Waals surface area contributed by atoms with E-state index in [1.165, 1.54) is 12.1 Å². The number of hydrogen-bond donors (Lipinski definition) is 1. The van der Waals surface area contributed by atoms with Gasteiger partial charge in [-0.05, 0) is 23.6 Å². The van der Waals surface area contributed by atoms with E-state index < -0.39 is 34.9 Å². The summed E-state index contributed by atoms with van der Waals surface area (Å²) >= 11 is 0. The molecule has 0 fully saturated rings. The first-order valence-electron chi connectivity index (χ1n) is 8.91. The van der Waals surface area contributed by atoms with Crippen molar-refractivity contribution < 1.29 is 19.3 Å². The van der Waals surface area contributed by atoms with E-state index in [0.717, 1.165) is 21.9 Å².